The summed E-state index contributed by atoms with van der Waals surface area (Å²) in [6.07, 6.45) is 2.85. The zero-order valence-electron chi connectivity index (χ0n) is 18.3. The molecule has 1 heterocycles. The lowest BCUT2D eigenvalue weighted by molar-refractivity contribution is -0.126. The summed E-state index contributed by atoms with van der Waals surface area (Å²) in [6.45, 7) is 4.31. The highest BCUT2D eigenvalue weighted by molar-refractivity contribution is 7.89. The zero-order chi connectivity index (χ0) is 23.2. The zero-order valence-corrected chi connectivity index (χ0v) is 19.2. The van der Waals surface area contributed by atoms with Crippen molar-refractivity contribution in [3.8, 4) is 0 Å². The first-order valence-corrected chi connectivity index (χ1v) is 11.7. The van der Waals surface area contributed by atoms with Crippen LogP contribution in [0.25, 0.3) is 0 Å². The molecule has 2 atom stereocenters. The average molecular weight is 455 g/mol. The third-order valence-electron chi connectivity index (χ3n) is 5.42. The molecule has 0 aromatic heterocycles. The Hall–Kier alpha value is -2.46. The van der Waals surface area contributed by atoms with Crippen molar-refractivity contribution in [3.63, 3.8) is 0 Å². The van der Waals surface area contributed by atoms with Crippen molar-refractivity contribution in [3.05, 3.63) is 29.3 Å². The van der Waals surface area contributed by atoms with Crippen molar-refractivity contribution in [2.24, 2.45) is 5.92 Å². The Labute approximate surface area is 183 Å². The van der Waals surface area contributed by atoms with Gasteiger partial charge in [-0.3, -0.25) is 4.79 Å². The quantitative estimate of drug-likeness (QED) is 0.471. The maximum absolute atomic E-state index is 13.6. The number of unbranched alkanes of at least 4 members (excludes halogenated alkanes) is 1. The van der Waals surface area contributed by atoms with Gasteiger partial charge in [0.25, 0.3) is 0 Å². The Kier molecular flexibility index (Phi) is 8.58. The van der Waals surface area contributed by atoms with Crippen LogP contribution in [-0.4, -0.2) is 63.9 Å². The molecule has 0 spiro atoms. The number of benzene rings is 1. The number of methoxy groups -OCH3 is 2. The number of hydrogen-bond donors (Lipinski definition) is 1. The van der Waals surface area contributed by atoms with Gasteiger partial charge in [0.15, 0.2) is 0 Å². The van der Waals surface area contributed by atoms with Gasteiger partial charge < -0.3 is 14.8 Å². The van der Waals surface area contributed by atoms with Gasteiger partial charge in [0.1, 0.15) is 0 Å². The third kappa shape index (κ3) is 5.62. The predicted octanol–water partition coefficient (Wildman–Crippen LogP) is 1.97. The fraction of sp³-hybridized carbons (Fsp3) is 0.571. The summed E-state index contributed by atoms with van der Waals surface area (Å²) >= 11 is 0. The lowest BCUT2D eigenvalue weighted by atomic mass is 9.94. The van der Waals surface area contributed by atoms with Crippen LogP contribution in [0.1, 0.15) is 60.2 Å². The van der Waals surface area contributed by atoms with E-state index in [4.69, 9.17) is 4.74 Å². The van der Waals surface area contributed by atoms with Crippen molar-refractivity contribution in [2.75, 3.05) is 27.3 Å². The first-order valence-electron chi connectivity index (χ1n) is 10.3. The van der Waals surface area contributed by atoms with Crippen molar-refractivity contribution in [1.82, 2.24) is 9.62 Å². The van der Waals surface area contributed by atoms with Crippen LogP contribution in [0.4, 0.5) is 0 Å². The largest absolute Gasteiger partial charge is 0.465 e. The lowest BCUT2D eigenvalue weighted by Gasteiger charge is -2.36. The second-order valence-electron chi connectivity index (χ2n) is 7.54. The molecule has 0 saturated carbocycles. The molecule has 2 rings (SSSR count). The molecule has 1 N–H and O–H groups in total. The van der Waals surface area contributed by atoms with Crippen molar-refractivity contribution in [1.29, 1.82) is 0 Å². The highest BCUT2D eigenvalue weighted by Gasteiger charge is 2.39. The summed E-state index contributed by atoms with van der Waals surface area (Å²) in [6, 6.07) is 3.28. The molecule has 0 radical (unpaired) electrons. The number of piperidine rings is 1. The van der Waals surface area contributed by atoms with E-state index in [9.17, 15) is 22.8 Å². The van der Waals surface area contributed by atoms with E-state index in [1.807, 2.05) is 6.92 Å². The summed E-state index contributed by atoms with van der Waals surface area (Å²) in [4.78, 5) is 36.4. The normalized spacial score (nSPS) is 19.5. The standard InChI is InChI=1S/C21H30N2O7S/c1-5-6-11-22-19(24)16-8-7-14(2)23(13-16)31(27,28)18-12-15(20(25)29-3)9-10-17(18)21(26)30-4/h9-10,12,14,16H,5-8,11,13H2,1-4H3,(H,22,24)/t14-,16+/m1/s1. The number of rotatable bonds is 8. The maximum Gasteiger partial charge on any atom is 0.339 e. The van der Waals surface area contributed by atoms with E-state index in [0.717, 1.165) is 26.0 Å². The predicted molar refractivity (Wildman–Crippen MR) is 113 cm³/mol. The number of amides is 1. The summed E-state index contributed by atoms with van der Waals surface area (Å²) < 4.78 is 37.8. The SMILES string of the molecule is CCCCNC(=O)[C@H]1CC[C@@H](C)N(S(=O)(=O)c2cc(C(=O)OC)ccc2C(=O)OC)C1. The molecule has 0 aliphatic carbocycles. The smallest absolute Gasteiger partial charge is 0.339 e. The first-order chi connectivity index (χ1) is 14.7. The molecule has 1 fully saturated rings. The van der Waals surface area contributed by atoms with Gasteiger partial charge in [0.2, 0.25) is 15.9 Å². The van der Waals surface area contributed by atoms with E-state index in [2.05, 4.69) is 10.1 Å². The molecule has 1 aromatic carbocycles. The van der Waals surface area contributed by atoms with Crippen molar-refractivity contribution in [2.45, 2.75) is 50.5 Å². The maximum atomic E-state index is 13.6. The van der Waals surface area contributed by atoms with Crippen LogP contribution in [0, 0.1) is 5.92 Å². The Bertz CT molecular complexity index is 930. The molecule has 1 aliphatic rings. The number of sulfonamides is 1. The second kappa shape index (κ2) is 10.7. The first kappa shape index (κ1) is 24.8. The minimum atomic E-state index is -4.21. The topological polar surface area (TPSA) is 119 Å². The van der Waals surface area contributed by atoms with Crippen LogP contribution >= 0.6 is 0 Å². The van der Waals surface area contributed by atoms with Gasteiger partial charge in [-0.15, -0.1) is 0 Å². The third-order valence-corrected chi connectivity index (χ3v) is 7.44. The Morgan fingerprint density at radius 1 is 1.13 bits per heavy atom. The van der Waals surface area contributed by atoms with E-state index in [1.165, 1.54) is 23.5 Å². The van der Waals surface area contributed by atoms with Crippen LogP contribution in [0.15, 0.2) is 23.1 Å². The Morgan fingerprint density at radius 3 is 2.42 bits per heavy atom. The van der Waals surface area contributed by atoms with E-state index >= 15 is 0 Å². The summed E-state index contributed by atoms with van der Waals surface area (Å²) in [7, 11) is -1.88. The van der Waals surface area contributed by atoms with Gasteiger partial charge in [-0.2, -0.15) is 4.31 Å². The Morgan fingerprint density at radius 2 is 1.81 bits per heavy atom. The number of nitrogens with zero attached hydrogens (tertiary/aromatic N) is 1. The fourth-order valence-corrected chi connectivity index (χ4v) is 5.46. The number of nitrogens with one attached hydrogen (secondary N) is 1. The highest BCUT2D eigenvalue weighted by Crippen LogP contribution is 2.31. The number of esters is 2. The van der Waals surface area contributed by atoms with Crippen molar-refractivity contribution < 1.29 is 32.3 Å². The molecular formula is C21H30N2O7S. The molecule has 1 aromatic rings. The molecule has 172 valence electrons. The van der Waals surface area contributed by atoms with Crippen LogP contribution in [-0.2, 0) is 24.3 Å². The van der Waals surface area contributed by atoms with Gasteiger partial charge >= 0.3 is 11.9 Å². The average Bonchev–Trinajstić information content (AvgIpc) is 2.77. The lowest BCUT2D eigenvalue weighted by Crippen LogP contribution is -2.49. The molecular weight excluding hydrogens is 424 g/mol. The monoisotopic (exact) mass is 454 g/mol. The van der Waals surface area contributed by atoms with Crippen molar-refractivity contribution >= 4 is 27.9 Å². The van der Waals surface area contributed by atoms with Gasteiger partial charge in [-0.1, -0.05) is 13.3 Å². The summed E-state index contributed by atoms with van der Waals surface area (Å²) in [5, 5.41) is 2.85. The van der Waals surface area contributed by atoms with Gasteiger partial charge in [-0.05, 0) is 44.4 Å². The van der Waals surface area contributed by atoms with Crippen LogP contribution in [0.3, 0.4) is 0 Å². The number of ether oxygens (including phenoxy) is 2. The van der Waals surface area contributed by atoms with E-state index in [-0.39, 0.29) is 34.5 Å². The van der Waals surface area contributed by atoms with E-state index in [1.54, 1.807) is 6.92 Å². The van der Waals surface area contributed by atoms with Gasteiger partial charge in [0.05, 0.1) is 36.2 Å². The van der Waals surface area contributed by atoms with Gasteiger partial charge in [0, 0.05) is 19.1 Å². The minimum absolute atomic E-state index is 0.00718. The Balaban J connectivity index is 2.42. The molecule has 10 heteroatoms. The highest BCUT2D eigenvalue weighted by atomic mass is 32.2. The molecule has 9 nitrogen and oxygen atoms in total. The van der Waals surface area contributed by atoms with Crippen LogP contribution < -0.4 is 5.32 Å². The molecule has 1 amide bonds. The van der Waals surface area contributed by atoms with Gasteiger partial charge in [-0.25, -0.2) is 18.0 Å². The molecule has 0 bridgehead atoms. The number of carbonyl (C=O) groups is 3. The molecule has 1 saturated heterocycles. The summed E-state index contributed by atoms with van der Waals surface area (Å²) in [5.41, 5.74) is -0.191. The molecule has 0 unspecified atom stereocenters. The number of carbonyl (C=O) groups excluding carboxylic acids is 3. The van der Waals surface area contributed by atoms with Crippen LogP contribution in [0.5, 0.6) is 0 Å². The second-order valence-corrected chi connectivity index (χ2v) is 9.40. The van der Waals surface area contributed by atoms with E-state index in [0.29, 0.717) is 19.4 Å². The molecule has 1 aliphatic heterocycles. The fourth-order valence-electron chi connectivity index (χ4n) is 3.54. The molecule has 31 heavy (non-hydrogen) atoms. The van der Waals surface area contributed by atoms with E-state index < -0.39 is 27.9 Å². The van der Waals surface area contributed by atoms with Crippen LogP contribution in [0.2, 0.25) is 0 Å². The number of hydrogen-bond acceptors (Lipinski definition) is 7. The summed E-state index contributed by atoms with van der Waals surface area (Å²) in [5.74, 6) is -2.24. The minimum Gasteiger partial charge on any atom is -0.465 e.